The Morgan fingerprint density at radius 3 is 3.11 bits per heavy atom. The van der Waals surface area contributed by atoms with Gasteiger partial charge in [0.2, 0.25) is 0 Å². The quantitative estimate of drug-likeness (QED) is 0.693. The van der Waals surface area contributed by atoms with Crippen molar-refractivity contribution in [2.45, 2.75) is 30.7 Å². The van der Waals surface area contributed by atoms with Crippen LogP contribution in [0.3, 0.4) is 0 Å². The maximum Gasteiger partial charge on any atom is 0.161 e. The van der Waals surface area contributed by atoms with E-state index in [0.717, 1.165) is 13.0 Å². The van der Waals surface area contributed by atoms with E-state index in [0.29, 0.717) is 16.6 Å². The van der Waals surface area contributed by atoms with Gasteiger partial charge in [0.25, 0.3) is 0 Å². The molecule has 0 N–H and O–H groups in total. The molecule has 2 aromatic rings. The lowest BCUT2D eigenvalue weighted by Crippen LogP contribution is -2.23. The summed E-state index contributed by atoms with van der Waals surface area (Å²) in [6.45, 7) is 2.77. The third-order valence-corrected chi connectivity index (χ3v) is 3.37. The minimum atomic E-state index is -1.23. The number of thioether (sulfide) groups is 1. The number of tetrazole rings is 1. The first kappa shape index (κ1) is 13.5. The lowest BCUT2D eigenvalue weighted by Gasteiger charge is -2.08. The highest BCUT2D eigenvalue weighted by Gasteiger charge is 2.09. The average Bonchev–Trinajstić information content (AvgIpc) is 2.84. The summed E-state index contributed by atoms with van der Waals surface area (Å²) in [6.07, 6.45) is 2.47. The van der Waals surface area contributed by atoms with Gasteiger partial charge in [0, 0.05) is 18.3 Å². The van der Waals surface area contributed by atoms with Crippen molar-refractivity contribution in [1.29, 1.82) is 0 Å². The third kappa shape index (κ3) is 3.28. The summed E-state index contributed by atoms with van der Waals surface area (Å²) in [5, 5.41) is 22.7. The molecule has 2 heterocycles. The van der Waals surface area contributed by atoms with Gasteiger partial charge in [-0.05, 0) is 29.0 Å². The van der Waals surface area contributed by atoms with Crippen LogP contribution in [0, 0.1) is 0 Å². The summed E-state index contributed by atoms with van der Waals surface area (Å²) in [6, 6.07) is 3.04. The van der Waals surface area contributed by atoms with Gasteiger partial charge in [-0.2, -0.15) is 0 Å². The zero-order valence-electron chi connectivity index (χ0n) is 10.3. The molecule has 0 aliphatic carbocycles. The molecule has 19 heavy (non-hydrogen) atoms. The Kier molecular flexibility index (Phi) is 4.45. The first-order valence-electron chi connectivity index (χ1n) is 5.76. The lowest BCUT2D eigenvalue weighted by atomic mass is 10.3. The Balaban J connectivity index is 2.10. The van der Waals surface area contributed by atoms with Crippen LogP contribution in [-0.4, -0.2) is 31.2 Å². The molecule has 0 fully saturated rings. The number of carboxylic acid groups (broad SMARTS) is 1. The number of carbonyl (C=O) groups is 1. The van der Waals surface area contributed by atoms with E-state index >= 15 is 0 Å². The summed E-state index contributed by atoms with van der Waals surface area (Å²) < 4.78 is 1.70. The van der Waals surface area contributed by atoms with Crippen molar-refractivity contribution in [1.82, 2.24) is 25.2 Å². The normalized spacial score (nSPS) is 10.6. The van der Waals surface area contributed by atoms with Crippen molar-refractivity contribution in [2.75, 3.05) is 0 Å². The molecule has 2 aromatic heterocycles. The Hall–Kier alpha value is -1.96. The van der Waals surface area contributed by atoms with Crippen LogP contribution in [0.15, 0.2) is 23.4 Å². The summed E-state index contributed by atoms with van der Waals surface area (Å²) in [4.78, 5) is 15.0. The van der Waals surface area contributed by atoms with Gasteiger partial charge in [-0.15, -0.1) is 5.10 Å². The van der Waals surface area contributed by atoms with E-state index in [4.69, 9.17) is 0 Å². The predicted molar refractivity (Wildman–Crippen MR) is 66.2 cm³/mol. The van der Waals surface area contributed by atoms with Crippen LogP contribution in [-0.2, 0) is 12.3 Å². The standard InChI is InChI=1S/C11H13N5O2S/c1-2-6-16-9(13-14-15-16)7-19-10-8(11(17)18)4-3-5-12-10/h3-5H,2,6-7H2,1H3,(H,17,18)/p-1. The number of hydrogen-bond acceptors (Lipinski definition) is 7. The number of rotatable bonds is 6. The number of nitrogens with zero attached hydrogens (tertiary/aromatic N) is 5. The number of carbonyl (C=O) groups excluding carboxylic acids is 1. The van der Waals surface area contributed by atoms with Crippen molar-refractivity contribution in [3.63, 3.8) is 0 Å². The second-order valence-electron chi connectivity index (χ2n) is 3.75. The number of aryl methyl sites for hydroxylation is 1. The maximum absolute atomic E-state index is 10.9. The molecular weight excluding hydrogens is 266 g/mol. The van der Waals surface area contributed by atoms with Crippen LogP contribution >= 0.6 is 11.8 Å². The highest BCUT2D eigenvalue weighted by atomic mass is 32.2. The largest absolute Gasteiger partial charge is 0.545 e. The van der Waals surface area contributed by atoms with Crippen molar-refractivity contribution in [2.24, 2.45) is 0 Å². The van der Waals surface area contributed by atoms with Gasteiger partial charge in [0.15, 0.2) is 5.82 Å². The van der Waals surface area contributed by atoms with Crippen molar-refractivity contribution in [3.8, 4) is 0 Å². The highest BCUT2D eigenvalue weighted by Crippen LogP contribution is 2.22. The van der Waals surface area contributed by atoms with Crippen LogP contribution < -0.4 is 5.11 Å². The molecule has 0 unspecified atom stereocenters. The molecule has 0 spiro atoms. The number of hydrogen-bond donors (Lipinski definition) is 0. The zero-order chi connectivity index (χ0) is 13.7. The molecule has 0 aliphatic rings. The van der Waals surface area contributed by atoms with Crippen LogP contribution in [0.4, 0.5) is 0 Å². The minimum absolute atomic E-state index is 0.0852. The third-order valence-electron chi connectivity index (χ3n) is 2.37. The fourth-order valence-corrected chi connectivity index (χ4v) is 2.42. The fraction of sp³-hybridized carbons (Fsp3) is 0.364. The molecule has 100 valence electrons. The molecule has 0 saturated heterocycles. The van der Waals surface area contributed by atoms with E-state index in [2.05, 4.69) is 20.5 Å². The zero-order valence-corrected chi connectivity index (χ0v) is 11.1. The molecule has 0 bridgehead atoms. The van der Waals surface area contributed by atoms with Crippen LogP contribution in [0.5, 0.6) is 0 Å². The molecule has 0 saturated carbocycles. The Labute approximate surface area is 114 Å². The predicted octanol–water partition coefficient (Wildman–Crippen LogP) is 0.134. The van der Waals surface area contributed by atoms with Crippen molar-refractivity contribution >= 4 is 17.7 Å². The van der Waals surface area contributed by atoms with E-state index < -0.39 is 5.97 Å². The first-order chi connectivity index (χ1) is 9.22. The van der Waals surface area contributed by atoms with Crippen LogP contribution in [0.25, 0.3) is 0 Å². The lowest BCUT2D eigenvalue weighted by molar-refractivity contribution is -0.255. The van der Waals surface area contributed by atoms with Crippen LogP contribution in [0.2, 0.25) is 0 Å². The Morgan fingerprint density at radius 1 is 1.53 bits per heavy atom. The molecule has 0 atom stereocenters. The topological polar surface area (TPSA) is 96.6 Å². The minimum Gasteiger partial charge on any atom is -0.545 e. The molecule has 0 amide bonds. The van der Waals surface area contributed by atoms with E-state index in [1.807, 2.05) is 6.92 Å². The molecule has 0 radical (unpaired) electrons. The van der Waals surface area contributed by atoms with E-state index in [1.165, 1.54) is 17.8 Å². The smallest absolute Gasteiger partial charge is 0.161 e. The molecular formula is C11H12N5O2S-. The number of pyridine rings is 1. The van der Waals surface area contributed by atoms with Gasteiger partial charge in [0.05, 0.1) is 11.7 Å². The number of carboxylic acids is 1. The Bertz CT molecular complexity index is 572. The molecule has 8 heteroatoms. The van der Waals surface area contributed by atoms with Gasteiger partial charge in [0.1, 0.15) is 5.03 Å². The Morgan fingerprint density at radius 2 is 2.37 bits per heavy atom. The van der Waals surface area contributed by atoms with E-state index in [1.54, 1.807) is 16.9 Å². The second kappa shape index (κ2) is 6.28. The molecule has 0 aromatic carbocycles. The van der Waals surface area contributed by atoms with Crippen molar-refractivity contribution in [3.05, 3.63) is 29.7 Å². The summed E-state index contributed by atoms with van der Waals surface area (Å²) >= 11 is 1.28. The molecule has 0 aliphatic heterocycles. The van der Waals surface area contributed by atoms with Gasteiger partial charge < -0.3 is 9.90 Å². The van der Waals surface area contributed by atoms with Gasteiger partial charge in [-0.1, -0.05) is 18.7 Å². The summed E-state index contributed by atoms with van der Waals surface area (Å²) in [5.41, 5.74) is 0.0852. The van der Waals surface area contributed by atoms with E-state index in [-0.39, 0.29) is 5.56 Å². The van der Waals surface area contributed by atoms with Gasteiger partial charge in [-0.25, -0.2) is 9.67 Å². The van der Waals surface area contributed by atoms with Crippen molar-refractivity contribution < 1.29 is 9.90 Å². The molecule has 7 nitrogen and oxygen atoms in total. The first-order valence-corrected chi connectivity index (χ1v) is 6.75. The van der Waals surface area contributed by atoms with Crippen LogP contribution in [0.1, 0.15) is 29.5 Å². The average molecular weight is 278 g/mol. The SMILES string of the molecule is CCCn1nnnc1CSc1ncccc1C(=O)[O-]. The molecule has 2 rings (SSSR count). The number of aromatic nitrogens is 5. The fourth-order valence-electron chi connectivity index (χ4n) is 1.51. The van der Waals surface area contributed by atoms with E-state index in [9.17, 15) is 9.90 Å². The number of aromatic carboxylic acids is 1. The summed E-state index contributed by atoms with van der Waals surface area (Å²) in [7, 11) is 0. The maximum atomic E-state index is 10.9. The van der Waals surface area contributed by atoms with Gasteiger partial charge in [-0.3, -0.25) is 0 Å². The monoisotopic (exact) mass is 278 g/mol. The summed E-state index contributed by atoms with van der Waals surface area (Å²) in [5.74, 6) is -0.0739. The van der Waals surface area contributed by atoms with Gasteiger partial charge >= 0.3 is 0 Å². The highest BCUT2D eigenvalue weighted by molar-refractivity contribution is 7.98. The second-order valence-corrected chi connectivity index (χ2v) is 4.71.